The molecule has 0 aliphatic heterocycles. The smallest absolute Gasteiger partial charge is 0.258 e. The van der Waals surface area contributed by atoms with Gasteiger partial charge in [-0.05, 0) is 23.4 Å². The number of hydrogen-bond donors (Lipinski definition) is 1. The first kappa shape index (κ1) is 16.1. The van der Waals surface area contributed by atoms with Gasteiger partial charge in [0.15, 0.2) is 6.61 Å². The summed E-state index contributed by atoms with van der Waals surface area (Å²) in [5.74, 6) is 0.620. The lowest BCUT2D eigenvalue weighted by Crippen LogP contribution is -2.32. The molecule has 0 aliphatic carbocycles. The lowest BCUT2D eigenvalue weighted by Gasteiger charge is -2.18. The van der Waals surface area contributed by atoms with Crippen LogP contribution < -0.4 is 10.1 Å². The Balaban J connectivity index is 1.64. The van der Waals surface area contributed by atoms with Crippen LogP contribution in [-0.2, 0) is 4.79 Å². The highest BCUT2D eigenvalue weighted by molar-refractivity contribution is 5.88. The van der Waals surface area contributed by atoms with E-state index >= 15 is 0 Å². The Morgan fingerprint density at radius 2 is 1.67 bits per heavy atom. The molecule has 0 saturated carbocycles. The van der Waals surface area contributed by atoms with E-state index in [9.17, 15) is 4.79 Å². The summed E-state index contributed by atoms with van der Waals surface area (Å²) in [5, 5.41) is 5.16. The number of hydrogen-bond acceptors (Lipinski definition) is 2. The topological polar surface area (TPSA) is 38.3 Å². The predicted molar refractivity (Wildman–Crippen MR) is 97.1 cm³/mol. The van der Waals surface area contributed by atoms with Crippen LogP contribution in [0.25, 0.3) is 10.8 Å². The largest absolute Gasteiger partial charge is 0.483 e. The Labute approximate surface area is 142 Å². The Morgan fingerprint density at radius 1 is 0.958 bits per heavy atom. The molecule has 3 rings (SSSR count). The van der Waals surface area contributed by atoms with Crippen LogP contribution in [0.2, 0.25) is 0 Å². The summed E-state index contributed by atoms with van der Waals surface area (Å²) in [4.78, 5) is 12.3. The average Bonchev–Trinajstić information content (AvgIpc) is 2.65. The molecule has 0 bridgehead atoms. The highest BCUT2D eigenvalue weighted by Gasteiger charge is 2.13. The lowest BCUT2D eigenvalue weighted by atomic mass is 10.0. The fraction of sp³-hybridized carbons (Fsp3) is 0.190. The standard InChI is InChI=1S/C21H21NO2/c1-2-19(17-10-4-3-5-11-17)22-21(23)15-24-20-14-8-12-16-9-6-7-13-18(16)20/h3-14,19H,2,15H2,1H3,(H,22,23)/t19-/m1/s1. The molecule has 3 aromatic rings. The van der Waals surface area contributed by atoms with Crippen molar-refractivity contribution in [3.63, 3.8) is 0 Å². The third-order valence-corrected chi connectivity index (χ3v) is 4.05. The highest BCUT2D eigenvalue weighted by Crippen LogP contribution is 2.25. The summed E-state index contributed by atoms with van der Waals surface area (Å²) in [6.07, 6.45) is 0.837. The van der Waals surface area contributed by atoms with Crippen molar-refractivity contribution in [2.24, 2.45) is 0 Å². The second kappa shape index (κ2) is 7.64. The maximum absolute atomic E-state index is 12.3. The van der Waals surface area contributed by atoms with Crippen molar-refractivity contribution in [1.29, 1.82) is 0 Å². The third-order valence-electron chi connectivity index (χ3n) is 4.05. The fourth-order valence-electron chi connectivity index (χ4n) is 2.81. The van der Waals surface area contributed by atoms with Crippen LogP contribution in [0.5, 0.6) is 5.75 Å². The molecule has 0 unspecified atom stereocenters. The molecule has 0 fully saturated rings. The van der Waals surface area contributed by atoms with E-state index in [4.69, 9.17) is 4.74 Å². The van der Waals surface area contributed by atoms with E-state index in [2.05, 4.69) is 12.2 Å². The number of nitrogens with one attached hydrogen (secondary N) is 1. The maximum Gasteiger partial charge on any atom is 0.258 e. The van der Waals surface area contributed by atoms with Crippen molar-refractivity contribution in [2.45, 2.75) is 19.4 Å². The molecule has 3 aromatic carbocycles. The molecular formula is C21H21NO2. The Hall–Kier alpha value is -2.81. The quantitative estimate of drug-likeness (QED) is 0.727. The second-order valence-corrected chi connectivity index (χ2v) is 5.70. The van der Waals surface area contributed by atoms with Crippen molar-refractivity contribution in [3.8, 4) is 5.75 Å². The molecule has 1 amide bonds. The van der Waals surface area contributed by atoms with E-state index in [0.29, 0.717) is 0 Å². The first-order valence-electron chi connectivity index (χ1n) is 8.23. The zero-order chi connectivity index (χ0) is 16.8. The predicted octanol–water partition coefficient (Wildman–Crippen LogP) is 4.49. The van der Waals surface area contributed by atoms with E-state index in [0.717, 1.165) is 28.5 Å². The highest BCUT2D eigenvalue weighted by atomic mass is 16.5. The SMILES string of the molecule is CC[C@@H](NC(=O)COc1cccc2ccccc12)c1ccccc1. The number of ether oxygens (including phenoxy) is 1. The Bertz CT molecular complexity index is 809. The molecule has 0 aliphatic rings. The minimum absolute atomic E-state index is 0.00909. The normalized spacial score (nSPS) is 11.9. The Kier molecular flexibility index (Phi) is 5.12. The molecule has 0 spiro atoms. The first-order chi connectivity index (χ1) is 11.8. The molecule has 0 radical (unpaired) electrons. The van der Waals surface area contributed by atoms with Gasteiger partial charge in [-0.3, -0.25) is 4.79 Å². The zero-order valence-electron chi connectivity index (χ0n) is 13.7. The Morgan fingerprint density at radius 3 is 2.46 bits per heavy atom. The lowest BCUT2D eigenvalue weighted by molar-refractivity contribution is -0.123. The van der Waals surface area contributed by atoms with Crippen LogP contribution in [0, 0.1) is 0 Å². The van der Waals surface area contributed by atoms with Gasteiger partial charge in [0.05, 0.1) is 6.04 Å². The van der Waals surface area contributed by atoms with Crippen LogP contribution in [0.4, 0.5) is 0 Å². The third kappa shape index (κ3) is 3.74. The molecule has 0 heterocycles. The van der Waals surface area contributed by atoms with Gasteiger partial charge in [0.2, 0.25) is 0 Å². The van der Waals surface area contributed by atoms with Crippen LogP contribution in [0.3, 0.4) is 0 Å². The number of benzene rings is 3. The summed E-state index contributed by atoms with van der Waals surface area (Å²) < 4.78 is 5.75. The van der Waals surface area contributed by atoms with Gasteiger partial charge in [0.25, 0.3) is 5.91 Å². The van der Waals surface area contributed by atoms with Crippen molar-refractivity contribution in [2.75, 3.05) is 6.61 Å². The number of carbonyl (C=O) groups is 1. The van der Waals surface area contributed by atoms with Gasteiger partial charge in [-0.1, -0.05) is 73.7 Å². The zero-order valence-corrected chi connectivity index (χ0v) is 13.7. The molecular weight excluding hydrogens is 298 g/mol. The molecule has 1 N–H and O–H groups in total. The average molecular weight is 319 g/mol. The van der Waals surface area contributed by atoms with Gasteiger partial charge >= 0.3 is 0 Å². The van der Waals surface area contributed by atoms with Crippen LogP contribution in [-0.4, -0.2) is 12.5 Å². The van der Waals surface area contributed by atoms with Gasteiger partial charge in [-0.2, -0.15) is 0 Å². The van der Waals surface area contributed by atoms with Gasteiger partial charge < -0.3 is 10.1 Å². The van der Waals surface area contributed by atoms with E-state index in [1.165, 1.54) is 0 Å². The number of carbonyl (C=O) groups excluding carboxylic acids is 1. The van der Waals surface area contributed by atoms with Crippen LogP contribution in [0.1, 0.15) is 24.9 Å². The number of fused-ring (bicyclic) bond motifs is 1. The second-order valence-electron chi connectivity index (χ2n) is 5.70. The fourth-order valence-corrected chi connectivity index (χ4v) is 2.81. The molecule has 0 aromatic heterocycles. The van der Waals surface area contributed by atoms with E-state index < -0.39 is 0 Å². The number of amides is 1. The van der Waals surface area contributed by atoms with Crippen LogP contribution in [0.15, 0.2) is 72.8 Å². The van der Waals surface area contributed by atoms with Crippen molar-refractivity contribution < 1.29 is 9.53 Å². The summed E-state index contributed by atoms with van der Waals surface area (Å²) in [5.41, 5.74) is 1.11. The molecule has 3 nitrogen and oxygen atoms in total. The van der Waals surface area contributed by atoms with E-state index in [-0.39, 0.29) is 18.6 Å². The maximum atomic E-state index is 12.3. The molecule has 122 valence electrons. The molecule has 1 atom stereocenters. The monoisotopic (exact) mass is 319 g/mol. The van der Waals surface area contributed by atoms with Gasteiger partial charge in [0.1, 0.15) is 5.75 Å². The van der Waals surface area contributed by atoms with Crippen molar-refractivity contribution in [1.82, 2.24) is 5.32 Å². The summed E-state index contributed by atoms with van der Waals surface area (Å²) >= 11 is 0. The van der Waals surface area contributed by atoms with Gasteiger partial charge in [0, 0.05) is 5.39 Å². The molecule has 0 saturated heterocycles. The van der Waals surface area contributed by atoms with Crippen molar-refractivity contribution >= 4 is 16.7 Å². The minimum atomic E-state index is -0.112. The van der Waals surface area contributed by atoms with E-state index in [1.54, 1.807) is 0 Å². The van der Waals surface area contributed by atoms with Gasteiger partial charge in [-0.25, -0.2) is 0 Å². The minimum Gasteiger partial charge on any atom is -0.483 e. The summed E-state index contributed by atoms with van der Waals surface area (Å²) in [7, 11) is 0. The number of rotatable bonds is 6. The van der Waals surface area contributed by atoms with Crippen molar-refractivity contribution in [3.05, 3.63) is 78.4 Å². The first-order valence-corrected chi connectivity index (χ1v) is 8.23. The molecule has 24 heavy (non-hydrogen) atoms. The van der Waals surface area contributed by atoms with Gasteiger partial charge in [-0.15, -0.1) is 0 Å². The summed E-state index contributed by atoms with van der Waals surface area (Å²) in [6.45, 7) is 2.07. The van der Waals surface area contributed by atoms with Crippen LogP contribution >= 0.6 is 0 Å². The molecule has 3 heteroatoms. The summed E-state index contributed by atoms with van der Waals surface area (Å²) in [6, 6.07) is 23.9. The van der Waals surface area contributed by atoms with E-state index in [1.807, 2.05) is 72.8 Å².